The van der Waals surface area contributed by atoms with Gasteiger partial charge in [-0.05, 0) is 47.1 Å². The van der Waals surface area contributed by atoms with Gasteiger partial charge >= 0.3 is 0 Å². The molecule has 1 N–H and O–H groups in total. The molecule has 4 nitrogen and oxygen atoms in total. The van der Waals surface area contributed by atoms with Crippen molar-refractivity contribution < 1.29 is 9.29 Å². The normalized spacial score (nSPS) is 15.4. The fraction of sp³-hybridized carbons (Fsp3) is 0.643. The van der Waals surface area contributed by atoms with Crippen LogP contribution in [-0.2, 0) is 11.4 Å². The SMILES string of the molecule is CC(C)Oc1ccc([C@H](C)N[S+]([O-])C(C)(C)C)cn1. The molecule has 1 aromatic rings. The van der Waals surface area contributed by atoms with Crippen LogP contribution in [-0.4, -0.2) is 20.4 Å². The average molecular weight is 284 g/mol. The Morgan fingerprint density at radius 3 is 2.32 bits per heavy atom. The van der Waals surface area contributed by atoms with Crippen molar-refractivity contribution in [2.75, 3.05) is 0 Å². The predicted molar refractivity (Wildman–Crippen MR) is 79.4 cm³/mol. The van der Waals surface area contributed by atoms with Gasteiger partial charge in [0, 0.05) is 23.6 Å². The number of aromatic nitrogens is 1. The Hall–Kier alpha value is -0.780. The lowest BCUT2D eigenvalue weighted by Gasteiger charge is -2.26. The van der Waals surface area contributed by atoms with Crippen LogP contribution in [0.15, 0.2) is 18.3 Å². The monoisotopic (exact) mass is 284 g/mol. The molecule has 0 aliphatic heterocycles. The van der Waals surface area contributed by atoms with E-state index in [-0.39, 0.29) is 16.9 Å². The lowest BCUT2D eigenvalue weighted by molar-refractivity contribution is 0.232. The van der Waals surface area contributed by atoms with E-state index in [0.717, 1.165) is 5.56 Å². The maximum atomic E-state index is 12.0. The highest BCUT2D eigenvalue weighted by molar-refractivity contribution is 7.90. The summed E-state index contributed by atoms with van der Waals surface area (Å²) in [6, 6.07) is 3.77. The van der Waals surface area contributed by atoms with Crippen LogP contribution in [0, 0.1) is 0 Å². The molecule has 5 heteroatoms. The zero-order chi connectivity index (χ0) is 14.6. The third-order valence-corrected chi connectivity index (χ3v) is 4.14. The van der Waals surface area contributed by atoms with Gasteiger partial charge in [-0.15, -0.1) is 4.72 Å². The van der Waals surface area contributed by atoms with E-state index in [0.29, 0.717) is 5.88 Å². The summed E-state index contributed by atoms with van der Waals surface area (Å²) >= 11 is -1.09. The lowest BCUT2D eigenvalue weighted by Crippen LogP contribution is -2.40. The molecule has 1 rings (SSSR count). The minimum atomic E-state index is -1.09. The van der Waals surface area contributed by atoms with Crippen molar-refractivity contribution >= 4 is 11.4 Å². The van der Waals surface area contributed by atoms with Gasteiger partial charge in [0.2, 0.25) is 5.88 Å². The van der Waals surface area contributed by atoms with Crippen molar-refractivity contribution in [2.24, 2.45) is 0 Å². The lowest BCUT2D eigenvalue weighted by atomic mass is 10.2. The van der Waals surface area contributed by atoms with Gasteiger partial charge in [0.15, 0.2) is 0 Å². The number of hydrogen-bond acceptors (Lipinski definition) is 4. The number of hydrogen-bond donors (Lipinski definition) is 1. The summed E-state index contributed by atoms with van der Waals surface area (Å²) in [4.78, 5) is 4.25. The Labute approximate surface area is 119 Å². The Morgan fingerprint density at radius 2 is 1.89 bits per heavy atom. The van der Waals surface area contributed by atoms with E-state index in [1.54, 1.807) is 6.20 Å². The van der Waals surface area contributed by atoms with Gasteiger partial charge in [-0.2, -0.15) is 0 Å². The van der Waals surface area contributed by atoms with Crippen LogP contribution in [0.1, 0.15) is 53.1 Å². The largest absolute Gasteiger partial charge is 0.598 e. The van der Waals surface area contributed by atoms with Gasteiger partial charge in [-0.25, -0.2) is 4.98 Å². The third kappa shape index (κ3) is 5.38. The van der Waals surface area contributed by atoms with Gasteiger partial charge in [-0.3, -0.25) is 0 Å². The summed E-state index contributed by atoms with van der Waals surface area (Å²) in [5.41, 5.74) is 0.994. The molecule has 0 spiro atoms. The molecule has 0 fully saturated rings. The van der Waals surface area contributed by atoms with Gasteiger partial charge < -0.3 is 9.29 Å². The van der Waals surface area contributed by atoms with Crippen molar-refractivity contribution in [1.82, 2.24) is 9.71 Å². The maximum absolute atomic E-state index is 12.0. The molecule has 1 heterocycles. The van der Waals surface area contributed by atoms with Crippen molar-refractivity contribution in [3.8, 4) is 5.88 Å². The molecule has 108 valence electrons. The summed E-state index contributed by atoms with van der Waals surface area (Å²) in [6.07, 6.45) is 1.87. The van der Waals surface area contributed by atoms with Crippen molar-refractivity contribution in [3.63, 3.8) is 0 Å². The first-order valence-electron chi connectivity index (χ1n) is 6.51. The molecule has 0 aromatic carbocycles. The number of rotatable bonds is 5. The van der Waals surface area contributed by atoms with E-state index in [4.69, 9.17) is 4.74 Å². The average Bonchev–Trinajstić information content (AvgIpc) is 2.27. The van der Waals surface area contributed by atoms with E-state index in [9.17, 15) is 4.55 Å². The summed E-state index contributed by atoms with van der Waals surface area (Å²) < 4.78 is 20.3. The smallest absolute Gasteiger partial charge is 0.213 e. The molecule has 1 unspecified atom stereocenters. The van der Waals surface area contributed by atoms with Gasteiger partial charge in [-0.1, -0.05) is 6.07 Å². The second kappa shape index (κ2) is 6.59. The molecular weight excluding hydrogens is 260 g/mol. The molecule has 0 aliphatic rings. The van der Waals surface area contributed by atoms with Crippen LogP contribution in [0.25, 0.3) is 0 Å². The molecule has 0 aliphatic carbocycles. The molecule has 2 atom stereocenters. The van der Waals surface area contributed by atoms with E-state index in [1.165, 1.54) is 0 Å². The van der Waals surface area contributed by atoms with Crippen LogP contribution in [0.5, 0.6) is 5.88 Å². The molecule has 0 saturated heterocycles. The first-order valence-corrected chi connectivity index (χ1v) is 7.66. The van der Waals surface area contributed by atoms with E-state index < -0.39 is 11.4 Å². The molecule has 1 aromatic heterocycles. The summed E-state index contributed by atoms with van der Waals surface area (Å²) in [5.74, 6) is 0.614. The quantitative estimate of drug-likeness (QED) is 0.845. The summed E-state index contributed by atoms with van der Waals surface area (Å²) in [5, 5.41) is 0. The minimum absolute atomic E-state index is 0.0133. The van der Waals surface area contributed by atoms with E-state index in [2.05, 4.69) is 9.71 Å². The van der Waals surface area contributed by atoms with E-state index in [1.807, 2.05) is 53.7 Å². The zero-order valence-electron chi connectivity index (χ0n) is 12.6. The third-order valence-electron chi connectivity index (χ3n) is 2.46. The Kier molecular flexibility index (Phi) is 5.64. The highest BCUT2D eigenvalue weighted by atomic mass is 32.2. The van der Waals surface area contributed by atoms with E-state index >= 15 is 0 Å². The van der Waals surface area contributed by atoms with Crippen molar-refractivity contribution in [2.45, 2.75) is 58.4 Å². The van der Waals surface area contributed by atoms with Gasteiger partial charge in [0.1, 0.15) is 4.75 Å². The van der Waals surface area contributed by atoms with Crippen LogP contribution >= 0.6 is 0 Å². The number of ether oxygens (including phenoxy) is 1. The molecule has 0 saturated carbocycles. The Morgan fingerprint density at radius 1 is 1.26 bits per heavy atom. The topological polar surface area (TPSA) is 57.2 Å². The van der Waals surface area contributed by atoms with Crippen LogP contribution < -0.4 is 9.46 Å². The van der Waals surface area contributed by atoms with Gasteiger partial charge in [0.25, 0.3) is 0 Å². The zero-order valence-corrected chi connectivity index (χ0v) is 13.4. The van der Waals surface area contributed by atoms with Crippen molar-refractivity contribution in [1.29, 1.82) is 0 Å². The van der Waals surface area contributed by atoms with Crippen molar-refractivity contribution in [3.05, 3.63) is 23.9 Å². The standard InChI is InChI=1S/C14H24N2O2S/c1-10(2)18-13-8-7-12(9-15-13)11(3)16-19(17)14(4,5)6/h7-11,16H,1-6H3/t11-,19?/m0/s1. The fourth-order valence-corrected chi connectivity index (χ4v) is 2.18. The molecular formula is C14H24N2O2S. The molecule has 0 amide bonds. The highest BCUT2D eigenvalue weighted by Crippen LogP contribution is 2.20. The Bertz CT molecular complexity index is 387. The number of nitrogens with one attached hydrogen (secondary N) is 1. The second-order valence-corrected chi connectivity index (χ2v) is 7.81. The molecule has 19 heavy (non-hydrogen) atoms. The van der Waals surface area contributed by atoms with Crippen LogP contribution in [0.2, 0.25) is 0 Å². The second-order valence-electron chi connectivity index (χ2n) is 5.82. The minimum Gasteiger partial charge on any atom is -0.598 e. The maximum Gasteiger partial charge on any atom is 0.213 e. The predicted octanol–water partition coefficient (Wildman–Crippen LogP) is 2.98. The number of nitrogens with zero attached hydrogens (tertiary/aromatic N) is 1. The molecule has 0 radical (unpaired) electrons. The molecule has 0 bridgehead atoms. The summed E-state index contributed by atoms with van der Waals surface area (Å²) in [7, 11) is 0. The Balaban J connectivity index is 2.65. The summed E-state index contributed by atoms with van der Waals surface area (Å²) in [6.45, 7) is 11.7. The number of pyridine rings is 1. The highest BCUT2D eigenvalue weighted by Gasteiger charge is 2.28. The van der Waals surface area contributed by atoms with Crippen LogP contribution in [0.4, 0.5) is 0 Å². The first-order chi connectivity index (χ1) is 8.70. The van der Waals surface area contributed by atoms with Crippen LogP contribution in [0.3, 0.4) is 0 Å². The fourth-order valence-electron chi connectivity index (χ4n) is 1.36. The first kappa shape index (κ1) is 16.3. The van der Waals surface area contributed by atoms with Gasteiger partial charge in [0.05, 0.1) is 12.1 Å².